The normalized spacial score (nSPS) is 10.9. The zero-order valence-corrected chi connectivity index (χ0v) is 15.9. The van der Waals surface area contributed by atoms with Crippen molar-refractivity contribution < 1.29 is 9.84 Å². The highest BCUT2D eigenvalue weighted by Gasteiger charge is 2.06. The predicted octanol–water partition coefficient (Wildman–Crippen LogP) is 5.27. The molecule has 0 radical (unpaired) electrons. The number of nitrogens with zero attached hydrogens (tertiary/aromatic N) is 1. The molecule has 0 bridgehead atoms. The number of aliphatic hydroxyl groups excluding tert-OH is 1. The van der Waals surface area contributed by atoms with Crippen molar-refractivity contribution in [2.75, 3.05) is 11.9 Å². The molecule has 2 aromatic carbocycles. The summed E-state index contributed by atoms with van der Waals surface area (Å²) in [5.41, 5.74) is 4.27. The number of hydrogen-bond acceptors (Lipinski definition) is 5. The fraction of sp³-hybridized carbons (Fsp3) is 0.286. The van der Waals surface area contributed by atoms with Crippen molar-refractivity contribution in [3.05, 3.63) is 59.5 Å². The van der Waals surface area contributed by atoms with Gasteiger partial charge in [-0.05, 0) is 68.7 Å². The van der Waals surface area contributed by atoms with Crippen molar-refractivity contribution >= 4 is 22.2 Å². The number of aromatic nitrogens is 1. The number of anilines is 2. The van der Waals surface area contributed by atoms with Gasteiger partial charge in [-0.15, -0.1) is 11.3 Å². The van der Waals surface area contributed by atoms with E-state index in [-0.39, 0.29) is 12.7 Å². The molecule has 4 nitrogen and oxygen atoms in total. The summed E-state index contributed by atoms with van der Waals surface area (Å²) in [4.78, 5) is 4.67. The average molecular weight is 369 g/mol. The first-order chi connectivity index (χ1) is 12.6. The zero-order valence-electron chi connectivity index (χ0n) is 15.1. The highest BCUT2D eigenvalue weighted by Crippen LogP contribution is 2.28. The van der Waals surface area contributed by atoms with Crippen molar-refractivity contribution in [3.8, 4) is 17.0 Å². The van der Waals surface area contributed by atoms with Crippen LogP contribution in [-0.2, 0) is 6.42 Å². The predicted molar refractivity (Wildman–Crippen MR) is 108 cm³/mol. The summed E-state index contributed by atoms with van der Waals surface area (Å²) in [5.74, 6) is 0.874. The largest absolute Gasteiger partial charge is 0.491 e. The van der Waals surface area contributed by atoms with Crippen molar-refractivity contribution in [1.29, 1.82) is 0 Å². The van der Waals surface area contributed by atoms with Crippen LogP contribution in [0.2, 0.25) is 0 Å². The van der Waals surface area contributed by atoms with Gasteiger partial charge in [-0.2, -0.15) is 0 Å². The van der Waals surface area contributed by atoms with E-state index in [1.54, 1.807) is 11.3 Å². The van der Waals surface area contributed by atoms with E-state index in [4.69, 9.17) is 9.84 Å². The molecular formula is C21H24N2O2S. The SMILES string of the molecule is CC(C)Oc1ccc(-c2csc(Nc3ccc(CCCO)cc3)n2)cc1. The zero-order chi connectivity index (χ0) is 18.4. The van der Waals surface area contributed by atoms with Crippen molar-refractivity contribution in [2.45, 2.75) is 32.8 Å². The molecule has 0 spiro atoms. The molecule has 0 aliphatic heterocycles. The monoisotopic (exact) mass is 368 g/mol. The van der Waals surface area contributed by atoms with Crippen LogP contribution in [0.25, 0.3) is 11.3 Å². The summed E-state index contributed by atoms with van der Waals surface area (Å²) in [6.07, 6.45) is 1.86. The summed E-state index contributed by atoms with van der Waals surface area (Å²) in [5, 5.41) is 15.2. The number of benzene rings is 2. The molecule has 0 unspecified atom stereocenters. The lowest BCUT2D eigenvalue weighted by Crippen LogP contribution is -2.05. The van der Waals surface area contributed by atoms with E-state index >= 15 is 0 Å². The third-order valence-electron chi connectivity index (χ3n) is 3.85. The summed E-state index contributed by atoms with van der Waals surface area (Å²) < 4.78 is 5.68. The van der Waals surface area contributed by atoms with Crippen LogP contribution in [-0.4, -0.2) is 22.8 Å². The Morgan fingerprint density at radius 3 is 2.46 bits per heavy atom. The number of thiazole rings is 1. The minimum absolute atomic E-state index is 0.172. The number of hydrogen-bond donors (Lipinski definition) is 2. The lowest BCUT2D eigenvalue weighted by molar-refractivity contribution is 0.242. The summed E-state index contributed by atoms with van der Waals surface area (Å²) >= 11 is 1.59. The summed E-state index contributed by atoms with van der Waals surface area (Å²) in [6.45, 7) is 4.27. The Hall–Kier alpha value is -2.37. The minimum atomic E-state index is 0.172. The highest BCUT2D eigenvalue weighted by molar-refractivity contribution is 7.14. The van der Waals surface area contributed by atoms with Crippen LogP contribution in [0, 0.1) is 0 Å². The third kappa shape index (κ3) is 5.07. The Morgan fingerprint density at radius 1 is 1.08 bits per heavy atom. The summed E-state index contributed by atoms with van der Waals surface area (Å²) in [6, 6.07) is 16.3. The number of rotatable bonds is 8. The first kappa shape index (κ1) is 18.4. The fourth-order valence-corrected chi connectivity index (χ4v) is 3.34. The van der Waals surface area contributed by atoms with Gasteiger partial charge in [0.25, 0.3) is 0 Å². The molecular weight excluding hydrogens is 344 g/mol. The molecule has 1 heterocycles. The van der Waals surface area contributed by atoms with E-state index in [1.165, 1.54) is 5.56 Å². The first-order valence-corrected chi connectivity index (χ1v) is 9.71. The molecule has 0 fully saturated rings. The molecule has 1 aromatic heterocycles. The van der Waals surface area contributed by atoms with Crippen LogP contribution in [0.4, 0.5) is 10.8 Å². The maximum absolute atomic E-state index is 8.90. The molecule has 0 saturated carbocycles. The molecule has 0 aliphatic carbocycles. The third-order valence-corrected chi connectivity index (χ3v) is 4.61. The lowest BCUT2D eigenvalue weighted by Gasteiger charge is -2.09. The van der Waals surface area contributed by atoms with E-state index in [9.17, 15) is 0 Å². The number of aryl methyl sites for hydroxylation is 1. The number of aliphatic hydroxyl groups is 1. The van der Waals surface area contributed by atoms with E-state index in [1.807, 2.05) is 50.2 Å². The Morgan fingerprint density at radius 2 is 1.81 bits per heavy atom. The van der Waals surface area contributed by atoms with Crippen LogP contribution in [0.1, 0.15) is 25.8 Å². The van der Waals surface area contributed by atoms with Gasteiger partial charge in [-0.3, -0.25) is 0 Å². The second-order valence-electron chi connectivity index (χ2n) is 6.38. The first-order valence-electron chi connectivity index (χ1n) is 8.83. The Labute approximate surface area is 158 Å². The quantitative estimate of drug-likeness (QED) is 0.569. The molecule has 0 saturated heterocycles. The molecule has 3 aromatic rings. The van der Waals surface area contributed by atoms with E-state index < -0.39 is 0 Å². The average Bonchev–Trinajstić information content (AvgIpc) is 3.10. The van der Waals surface area contributed by atoms with Gasteiger partial charge in [0.15, 0.2) is 5.13 Å². The van der Waals surface area contributed by atoms with Crippen LogP contribution >= 0.6 is 11.3 Å². The second-order valence-corrected chi connectivity index (χ2v) is 7.24. The van der Waals surface area contributed by atoms with Crippen LogP contribution < -0.4 is 10.1 Å². The van der Waals surface area contributed by atoms with E-state index in [0.717, 1.165) is 40.7 Å². The van der Waals surface area contributed by atoms with Crippen molar-refractivity contribution in [2.24, 2.45) is 0 Å². The van der Waals surface area contributed by atoms with Gasteiger partial charge < -0.3 is 15.2 Å². The molecule has 5 heteroatoms. The van der Waals surface area contributed by atoms with Gasteiger partial charge in [0.2, 0.25) is 0 Å². The molecule has 0 atom stereocenters. The molecule has 3 rings (SSSR count). The topological polar surface area (TPSA) is 54.4 Å². The van der Waals surface area contributed by atoms with E-state index in [0.29, 0.717) is 0 Å². The second kappa shape index (κ2) is 8.83. The van der Waals surface area contributed by atoms with Gasteiger partial charge in [-0.1, -0.05) is 12.1 Å². The maximum atomic E-state index is 8.90. The number of ether oxygens (including phenoxy) is 1. The Kier molecular flexibility index (Phi) is 6.26. The fourth-order valence-electron chi connectivity index (χ4n) is 2.60. The smallest absolute Gasteiger partial charge is 0.187 e. The highest BCUT2D eigenvalue weighted by atomic mass is 32.1. The molecule has 0 amide bonds. The standard InChI is InChI=1S/C21H24N2O2S/c1-15(2)25-19-11-7-17(8-12-19)20-14-26-21(23-20)22-18-9-5-16(6-10-18)4-3-13-24/h5-12,14-15,24H,3-4,13H2,1-2H3,(H,22,23). The molecule has 26 heavy (non-hydrogen) atoms. The van der Waals surface area contributed by atoms with Gasteiger partial charge in [0.1, 0.15) is 5.75 Å². The maximum Gasteiger partial charge on any atom is 0.187 e. The van der Waals surface area contributed by atoms with Gasteiger partial charge in [0, 0.05) is 23.2 Å². The molecule has 136 valence electrons. The molecule has 0 aliphatic rings. The van der Waals surface area contributed by atoms with E-state index in [2.05, 4.69) is 27.8 Å². The Balaban J connectivity index is 1.64. The van der Waals surface area contributed by atoms with Gasteiger partial charge >= 0.3 is 0 Å². The lowest BCUT2D eigenvalue weighted by atomic mass is 10.1. The van der Waals surface area contributed by atoms with Crippen LogP contribution in [0.15, 0.2) is 53.9 Å². The Bertz CT molecular complexity index is 811. The van der Waals surface area contributed by atoms with Crippen molar-refractivity contribution in [3.63, 3.8) is 0 Å². The van der Waals surface area contributed by atoms with Crippen molar-refractivity contribution in [1.82, 2.24) is 4.98 Å². The summed E-state index contributed by atoms with van der Waals surface area (Å²) in [7, 11) is 0. The van der Waals surface area contributed by atoms with Gasteiger partial charge in [0.05, 0.1) is 11.8 Å². The van der Waals surface area contributed by atoms with Crippen LogP contribution in [0.5, 0.6) is 5.75 Å². The number of nitrogens with one attached hydrogen (secondary N) is 1. The minimum Gasteiger partial charge on any atom is -0.491 e. The molecule has 2 N–H and O–H groups in total. The van der Waals surface area contributed by atoms with Crippen LogP contribution in [0.3, 0.4) is 0 Å². The van der Waals surface area contributed by atoms with Gasteiger partial charge in [-0.25, -0.2) is 4.98 Å².